The molecule has 9 nitrogen and oxygen atoms in total. The van der Waals surface area contributed by atoms with Gasteiger partial charge >= 0.3 is 12.1 Å². The molecule has 1 aromatic carbocycles. The number of alkyl carbamates (subject to hydrolysis) is 1. The van der Waals surface area contributed by atoms with Crippen LogP contribution in [0.15, 0.2) is 30.3 Å². The van der Waals surface area contributed by atoms with Gasteiger partial charge in [0, 0.05) is 6.54 Å². The summed E-state index contributed by atoms with van der Waals surface area (Å²) >= 11 is 0. The molecule has 1 heterocycles. The lowest BCUT2D eigenvalue weighted by molar-refractivity contribution is -0.148. The molecule has 0 aromatic heterocycles. The van der Waals surface area contributed by atoms with Crippen LogP contribution in [0.25, 0.3) is 0 Å². The standard InChI is InChI=1S/C18H23N3O6/c1-12(20-18(26)27-11-13-6-3-2-4-7-13)16(23)19-10-15(22)21-9-5-8-14(21)17(24)25/h2-4,6-7,12,14H,5,8-11H2,1H3,(H,19,23)(H,20,26)(H,24,25)/t12-,14-/m0/s1. The zero-order valence-corrected chi connectivity index (χ0v) is 15.0. The number of ether oxygens (including phenoxy) is 1. The summed E-state index contributed by atoms with van der Waals surface area (Å²) in [4.78, 5) is 48.2. The molecule has 1 aromatic rings. The Labute approximate surface area is 156 Å². The smallest absolute Gasteiger partial charge is 0.408 e. The first-order valence-corrected chi connectivity index (χ1v) is 8.65. The molecule has 0 saturated carbocycles. The van der Waals surface area contributed by atoms with E-state index in [4.69, 9.17) is 9.84 Å². The van der Waals surface area contributed by atoms with Crippen molar-refractivity contribution in [2.24, 2.45) is 0 Å². The molecule has 27 heavy (non-hydrogen) atoms. The van der Waals surface area contributed by atoms with Crippen LogP contribution in [-0.2, 0) is 25.7 Å². The Balaban J connectivity index is 1.72. The van der Waals surface area contributed by atoms with Gasteiger partial charge in [-0.1, -0.05) is 30.3 Å². The lowest BCUT2D eigenvalue weighted by Gasteiger charge is -2.22. The number of nitrogens with zero attached hydrogens (tertiary/aromatic N) is 1. The first-order valence-electron chi connectivity index (χ1n) is 8.65. The van der Waals surface area contributed by atoms with Crippen molar-refractivity contribution in [3.63, 3.8) is 0 Å². The zero-order valence-electron chi connectivity index (χ0n) is 15.0. The molecule has 3 amide bonds. The van der Waals surface area contributed by atoms with Crippen molar-refractivity contribution in [3.05, 3.63) is 35.9 Å². The Hall–Kier alpha value is -3.10. The van der Waals surface area contributed by atoms with E-state index in [9.17, 15) is 19.2 Å². The van der Waals surface area contributed by atoms with Gasteiger partial charge in [0.25, 0.3) is 0 Å². The Kier molecular flexibility index (Phi) is 7.16. The molecule has 0 spiro atoms. The van der Waals surface area contributed by atoms with E-state index < -0.39 is 36.0 Å². The van der Waals surface area contributed by atoms with Crippen molar-refractivity contribution in [1.82, 2.24) is 15.5 Å². The largest absolute Gasteiger partial charge is 0.480 e. The maximum Gasteiger partial charge on any atom is 0.408 e. The summed E-state index contributed by atoms with van der Waals surface area (Å²) in [5.74, 6) is -2.08. The number of carboxylic acids is 1. The Morgan fingerprint density at radius 1 is 1.26 bits per heavy atom. The first kappa shape index (κ1) is 20.2. The van der Waals surface area contributed by atoms with Gasteiger partial charge in [-0.3, -0.25) is 9.59 Å². The van der Waals surface area contributed by atoms with Gasteiger partial charge in [-0.15, -0.1) is 0 Å². The van der Waals surface area contributed by atoms with Crippen LogP contribution in [0, 0.1) is 0 Å². The number of likely N-dealkylation sites (tertiary alicyclic amines) is 1. The highest BCUT2D eigenvalue weighted by molar-refractivity contribution is 5.90. The maximum absolute atomic E-state index is 12.1. The van der Waals surface area contributed by atoms with E-state index in [2.05, 4.69) is 10.6 Å². The van der Waals surface area contributed by atoms with Crippen molar-refractivity contribution >= 4 is 23.9 Å². The van der Waals surface area contributed by atoms with Crippen molar-refractivity contribution in [2.75, 3.05) is 13.1 Å². The van der Waals surface area contributed by atoms with Gasteiger partial charge in [-0.25, -0.2) is 9.59 Å². The number of hydrogen-bond donors (Lipinski definition) is 3. The Bertz CT molecular complexity index is 694. The highest BCUT2D eigenvalue weighted by Crippen LogP contribution is 2.17. The van der Waals surface area contributed by atoms with E-state index in [-0.39, 0.29) is 13.2 Å². The summed E-state index contributed by atoms with van der Waals surface area (Å²) in [5.41, 5.74) is 0.814. The summed E-state index contributed by atoms with van der Waals surface area (Å²) in [7, 11) is 0. The van der Waals surface area contributed by atoms with Crippen molar-refractivity contribution < 1.29 is 29.0 Å². The second kappa shape index (κ2) is 9.56. The van der Waals surface area contributed by atoms with Crippen LogP contribution < -0.4 is 10.6 Å². The number of carboxylic acid groups (broad SMARTS) is 1. The number of carbonyl (C=O) groups is 4. The predicted octanol–water partition coefficient (Wildman–Crippen LogP) is 0.493. The van der Waals surface area contributed by atoms with Gasteiger partial charge in [0.1, 0.15) is 18.7 Å². The van der Waals surface area contributed by atoms with Crippen LogP contribution in [-0.4, -0.2) is 59.1 Å². The molecule has 0 aliphatic carbocycles. The molecule has 1 saturated heterocycles. The van der Waals surface area contributed by atoms with Crippen LogP contribution >= 0.6 is 0 Å². The third kappa shape index (κ3) is 5.98. The number of benzene rings is 1. The van der Waals surface area contributed by atoms with Crippen LogP contribution in [0.1, 0.15) is 25.3 Å². The SMILES string of the molecule is C[C@H](NC(=O)OCc1ccccc1)C(=O)NCC(=O)N1CCC[C@H]1C(=O)O. The quantitative estimate of drug-likeness (QED) is 0.635. The molecule has 1 aliphatic heterocycles. The Morgan fingerprint density at radius 3 is 2.63 bits per heavy atom. The summed E-state index contributed by atoms with van der Waals surface area (Å²) in [6.07, 6.45) is 0.264. The topological polar surface area (TPSA) is 125 Å². The van der Waals surface area contributed by atoms with E-state index in [1.165, 1.54) is 11.8 Å². The highest BCUT2D eigenvalue weighted by Gasteiger charge is 2.33. The van der Waals surface area contributed by atoms with Crippen LogP contribution in [0.2, 0.25) is 0 Å². The van der Waals surface area contributed by atoms with Crippen molar-refractivity contribution in [1.29, 1.82) is 0 Å². The molecular weight excluding hydrogens is 354 g/mol. The van der Waals surface area contributed by atoms with E-state index in [1.54, 1.807) is 12.1 Å². The molecule has 0 bridgehead atoms. The summed E-state index contributed by atoms with van der Waals surface area (Å²) in [5, 5.41) is 13.9. The highest BCUT2D eigenvalue weighted by atomic mass is 16.5. The molecule has 0 unspecified atom stereocenters. The van der Waals surface area contributed by atoms with Crippen molar-refractivity contribution in [2.45, 2.75) is 38.5 Å². The van der Waals surface area contributed by atoms with Gasteiger partial charge in [-0.05, 0) is 25.3 Å². The minimum Gasteiger partial charge on any atom is -0.480 e. The number of amides is 3. The number of nitrogens with one attached hydrogen (secondary N) is 2. The van der Waals surface area contributed by atoms with Crippen LogP contribution in [0.5, 0.6) is 0 Å². The summed E-state index contributed by atoms with van der Waals surface area (Å²) < 4.78 is 5.03. The monoisotopic (exact) mass is 377 g/mol. The van der Waals surface area contributed by atoms with Crippen LogP contribution in [0.4, 0.5) is 4.79 Å². The molecule has 146 valence electrons. The van der Waals surface area contributed by atoms with E-state index in [0.29, 0.717) is 19.4 Å². The number of hydrogen-bond acceptors (Lipinski definition) is 5. The second-order valence-electron chi connectivity index (χ2n) is 6.23. The number of carbonyl (C=O) groups excluding carboxylic acids is 3. The van der Waals surface area contributed by atoms with Gasteiger partial charge in [-0.2, -0.15) is 0 Å². The molecule has 2 atom stereocenters. The molecule has 1 fully saturated rings. The second-order valence-corrected chi connectivity index (χ2v) is 6.23. The van der Waals surface area contributed by atoms with Gasteiger partial charge in [0.15, 0.2) is 0 Å². The fraction of sp³-hybridized carbons (Fsp3) is 0.444. The third-order valence-electron chi connectivity index (χ3n) is 4.21. The van der Waals surface area contributed by atoms with E-state index >= 15 is 0 Å². The van der Waals surface area contributed by atoms with Crippen molar-refractivity contribution in [3.8, 4) is 0 Å². The predicted molar refractivity (Wildman–Crippen MR) is 94.6 cm³/mol. The average Bonchev–Trinajstić information content (AvgIpc) is 3.15. The lowest BCUT2D eigenvalue weighted by Crippen LogP contribution is -2.49. The maximum atomic E-state index is 12.1. The number of rotatable bonds is 7. The molecule has 3 N–H and O–H groups in total. The van der Waals surface area contributed by atoms with Crippen LogP contribution in [0.3, 0.4) is 0 Å². The molecule has 1 aliphatic rings. The fourth-order valence-corrected chi connectivity index (χ4v) is 2.75. The minimum atomic E-state index is -1.05. The summed E-state index contributed by atoms with van der Waals surface area (Å²) in [6, 6.07) is 7.33. The third-order valence-corrected chi connectivity index (χ3v) is 4.21. The zero-order chi connectivity index (χ0) is 19.8. The number of aliphatic carboxylic acids is 1. The summed E-state index contributed by atoms with van der Waals surface area (Å²) in [6.45, 7) is 1.56. The molecule has 9 heteroatoms. The lowest BCUT2D eigenvalue weighted by atomic mass is 10.2. The fourth-order valence-electron chi connectivity index (χ4n) is 2.75. The van der Waals surface area contributed by atoms with Gasteiger partial charge in [0.05, 0.1) is 6.54 Å². The average molecular weight is 377 g/mol. The Morgan fingerprint density at radius 2 is 1.96 bits per heavy atom. The van der Waals surface area contributed by atoms with Gasteiger partial charge < -0.3 is 25.4 Å². The van der Waals surface area contributed by atoms with E-state index in [1.807, 2.05) is 18.2 Å². The molecular formula is C18H23N3O6. The first-order chi connectivity index (χ1) is 12.9. The van der Waals surface area contributed by atoms with Gasteiger partial charge in [0.2, 0.25) is 11.8 Å². The molecule has 2 rings (SSSR count). The van der Waals surface area contributed by atoms with E-state index in [0.717, 1.165) is 5.56 Å². The molecule has 0 radical (unpaired) electrons. The minimum absolute atomic E-state index is 0.0744. The normalized spacial score (nSPS) is 17.1.